The number of hydrogen-bond donors (Lipinski definition) is 2. The third-order valence-electron chi connectivity index (χ3n) is 2.14. The number of aliphatic carboxylic acids is 1. The number of carboxylic acids is 1. The van der Waals surface area contributed by atoms with Crippen LogP contribution in [-0.2, 0) is 9.59 Å². The van der Waals surface area contributed by atoms with E-state index >= 15 is 0 Å². The van der Waals surface area contributed by atoms with Gasteiger partial charge in [-0.1, -0.05) is 11.3 Å². The summed E-state index contributed by atoms with van der Waals surface area (Å²) in [6.07, 6.45) is 0.00875. The number of nitrogens with zero attached hydrogens (tertiary/aromatic N) is 3. The fourth-order valence-corrected chi connectivity index (χ4v) is 2.03. The number of nitrogen functional groups attached to an aromatic ring is 1. The highest BCUT2D eigenvalue weighted by Gasteiger charge is 2.36. The molecule has 1 aliphatic heterocycles. The first-order valence-electron chi connectivity index (χ1n) is 4.20. The zero-order valence-electron chi connectivity index (χ0n) is 7.58. The molecule has 80 valence electrons. The highest BCUT2D eigenvalue weighted by molar-refractivity contribution is 7.19. The molecule has 0 saturated carbocycles. The van der Waals surface area contributed by atoms with E-state index in [0.717, 1.165) is 11.3 Å². The largest absolute Gasteiger partial charge is 0.481 e. The van der Waals surface area contributed by atoms with Crippen molar-refractivity contribution in [3.8, 4) is 0 Å². The molecular weight excluding hydrogens is 220 g/mol. The van der Waals surface area contributed by atoms with Crippen LogP contribution in [0.3, 0.4) is 0 Å². The molecule has 15 heavy (non-hydrogen) atoms. The maximum Gasteiger partial charge on any atom is 0.308 e. The van der Waals surface area contributed by atoms with E-state index < -0.39 is 11.9 Å². The van der Waals surface area contributed by atoms with Crippen molar-refractivity contribution in [3.05, 3.63) is 0 Å². The number of amides is 1. The Kier molecular flexibility index (Phi) is 2.27. The Bertz CT molecular complexity index is 418. The fraction of sp³-hybridized carbons (Fsp3) is 0.429. The van der Waals surface area contributed by atoms with E-state index in [1.54, 1.807) is 0 Å². The second-order valence-corrected chi connectivity index (χ2v) is 4.15. The molecule has 1 aliphatic rings. The number of hydrogen-bond acceptors (Lipinski definition) is 6. The number of carboxylic acid groups (broad SMARTS) is 1. The van der Waals surface area contributed by atoms with E-state index in [-0.39, 0.29) is 24.0 Å². The van der Waals surface area contributed by atoms with Crippen LogP contribution in [0.1, 0.15) is 6.42 Å². The van der Waals surface area contributed by atoms with Crippen molar-refractivity contribution in [2.45, 2.75) is 6.42 Å². The molecule has 1 aromatic rings. The monoisotopic (exact) mass is 228 g/mol. The minimum absolute atomic E-state index is 0.00875. The molecule has 1 unspecified atom stereocenters. The molecule has 0 radical (unpaired) electrons. The Balaban J connectivity index is 2.18. The van der Waals surface area contributed by atoms with Gasteiger partial charge >= 0.3 is 5.97 Å². The van der Waals surface area contributed by atoms with E-state index in [1.807, 2.05) is 0 Å². The van der Waals surface area contributed by atoms with Crippen molar-refractivity contribution in [2.24, 2.45) is 5.92 Å². The van der Waals surface area contributed by atoms with Crippen LogP contribution < -0.4 is 10.6 Å². The Morgan fingerprint density at radius 3 is 2.80 bits per heavy atom. The molecule has 3 N–H and O–H groups in total. The van der Waals surface area contributed by atoms with E-state index in [4.69, 9.17) is 10.8 Å². The highest BCUT2D eigenvalue weighted by atomic mass is 32.1. The van der Waals surface area contributed by atoms with Gasteiger partial charge < -0.3 is 10.8 Å². The predicted molar refractivity (Wildman–Crippen MR) is 52.4 cm³/mol. The van der Waals surface area contributed by atoms with Crippen LogP contribution in [0.4, 0.5) is 10.3 Å². The minimum atomic E-state index is -0.969. The highest BCUT2D eigenvalue weighted by Crippen LogP contribution is 2.28. The van der Waals surface area contributed by atoms with Crippen molar-refractivity contribution in [3.63, 3.8) is 0 Å². The third-order valence-corrected chi connectivity index (χ3v) is 2.91. The van der Waals surface area contributed by atoms with Gasteiger partial charge in [0.25, 0.3) is 0 Å². The van der Waals surface area contributed by atoms with Gasteiger partial charge in [0.05, 0.1) is 5.92 Å². The van der Waals surface area contributed by atoms with Crippen molar-refractivity contribution in [1.29, 1.82) is 0 Å². The normalized spacial score (nSPS) is 20.9. The summed E-state index contributed by atoms with van der Waals surface area (Å²) < 4.78 is 0. The summed E-state index contributed by atoms with van der Waals surface area (Å²) in [5, 5.41) is 16.7. The molecule has 2 heterocycles. The smallest absolute Gasteiger partial charge is 0.308 e. The summed E-state index contributed by atoms with van der Waals surface area (Å²) >= 11 is 1.07. The average Bonchev–Trinajstić information content (AvgIpc) is 2.71. The van der Waals surface area contributed by atoms with Gasteiger partial charge in [-0.05, 0) is 0 Å². The van der Waals surface area contributed by atoms with Crippen molar-refractivity contribution >= 4 is 33.5 Å². The van der Waals surface area contributed by atoms with Gasteiger partial charge in [0.1, 0.15) is 0 Å². The Morgan fingerprint density at radius 1 is 1.60 bits per heavy atom. The van der Waals surface area contributed by atoms with E-state index in [1.165, 1.54) is 4.90 Å². The van der Waals surface area contributed by atoms with Gasteiger partial charge in [0.15, 0.2) is 0 Å². The molecule has 0 aromatic carbocycles. The third kappa shape index (κ3) is 1.75. The van der Waals surface area contributed by atoms with Crippen LogP contribution in [-0.4, -0.2) is 33.7 Å². The molecule has 0 bridgehead atoms. The Hall–Kier alpha value is -1.70. The predicted octanol–water partition coefficient (Wildman–Crippen LogP) is -0.442. The van der Waals surface area contributed by atoms with Crippen LogP contribution in [0.5, 0.6) is 0 Å². The quantitative estimate of drug-likeness (QED) is 0.710. The molecule has 1 saturated heterocycles. The lowest BCUT2D eigenvalue weighted by Crippen LogP contribution is -2.25. The molecule has 8 heteroatoms. The van der Waals surface area contributed by atoms with Gasteiger partial charge in [-0.25, -0.2) is 0 Å². The maximum absolute atomic E-state index is 11.5. The summed E-state index contributed by atoms with van der Waals surface area (Å²) in [6, 6.07) is 0. The topological polar surface area (TPSA) is 109 Å². The number of rotatable bonds is 2. The molecule has 7 nitrogen and oxygen atoms in total. The summed E-state index contributed by atoms with van der Waals surface area (Å²) in [4.78, 5) is 23.5. The second-order valence-electron chi connectivity index (χ2n) is 3.17. The molecular formula is C7H8N4O3S. The van der Waals surface area contributed by atoms with Crippen LogP contribution in [0.15, 0.2) is 0 Å². The molecule has 1 atom stereocenters. The van der Waals surface area contributed by atoms with Crippen LogP contribution in [0.25, 0.3) is 0 Å². The first-order chi connectivity index (χ1) is 7.08. The first-order valence-corrected chi connectivity index (χ1v) is 5.01. The van der Waals surface area contributed by atoms with Gasteiger partial charge in [0.2, 0.25) is 16.2 Å². The van der Waals surface area contributed by atoms with Crippen molar-refractivity contribution < 1.29 is 14.7 Å². The van der Waals surface area contributed by atoms with Crippen molar-refractivity contribution in [2.75, 3.05) is 17.2 Å². The molecule has 1 amide bonds. The van der Waals surface area contributed by atoms with Crippen LogP contribution in [0.2, 0.25) is 0 Å². The number of aromatic nitrogens is 2. The number of carbonyl (C=O) groups is 2. The standard InChI is InChI=1S/C7H8N4O3S/c8-6-9-10-7(15-6)11-2-3(5(13)14)1-4(11)12/h3H,1-2H2,(H2,8,9)(H,13,14). The molecule has 1 aromatic heterocycles. The zero-order valence-corrected chi connectivity index (χ0v) is 8.40. The lowest BCUT2D eigenvalue weighted by molar-refractivity contribution is -0.141. The molecule has 2 rings (SSSR count). The fourth-order valence-electron chi connectivity index (χ4n) is 1.39. The number of anilines is 2. The SMILES string of the molecule is Nc1nnc(N2CC(C(=O)O)CC2=O)s1. The number of nitrogens with two attached hydrogens (primary N) is 1. The second kappa shape index (κ2) is 3.46. The maximum atomic E-state index is 11.5. The summed E-state index contributed by atoms with van der Waals surface area (Å²) in [6.45, 7) is 0.142. The molecule has 1 fully saturated rings. The summed E-state index contributed by atoms with van der Waals surface area (Å²) in [5.74, 6) is -1.88. The lowest BCUT2D eigenvalue weighted by atomic mass is 10.1. The van der Waals surface area contributed by atoms with E-state index in [2.05, 4.69) is 10.2 Å². The lowest BCUT2D eigenvalue weighted by Gasteiger charge is -2.09. The van der Waals surface area contributed by atoms with Gasteiger partial charge in [-0.2, -0.15) is 0 Å². The summed E-state index contributed by atoms with van der Waals surface area (Å²) in [5.41, 5.74) is 5.38. The van der Waals surface area contributed by atoms with Gasteiger partial charge in [0, 0.05) is 13.0 Å². The zero-order chi connectivity index (χ0) is 11.0. The van der Waals surface area contributed by atoms with Crippen molar-refractivity contribution in [1.82, 2.24) is 10.2 Å². The minimum Gasteiger partial charge on any atom is -0.481 e. The molecule has 0 aliphatic carbocycles. The Labute approximate surface area is 88.5 Å². The average molecular weight is 228 g/mol. The van der Waals surface area contributed by atoms with Crippen LogP contribution in [0, 0.1) is 5.92 Å². The number of carbonyl (C=O) groups excluding carboxylic acids is 1. The van der Waals surface area contributed by atoms with E-state index in [0.29, 0.717) is 5.13 Å². The molecule has 0 spiro atoms. The Morgan fingerprint density at radius 2 is 2.33 bits per heavy atom. The van der Waals surface area contributed by atoms with E-state index in [9.17, 15) is 9.59 Å². The van der Waals surface area contributed by atoms with Gasteiger partial charge in [-0.3, -0.25) is 14.5 Å². The van der Waals surface area contributed by atoms with Crippen LogP contribution >= 0.6 is 11.3 Å². The summed E-state index contributed by atoms with van der Waals surface area (Å²) in [7, 11) is 0. The van der Waals surface area contributed by atoms with Gasteiger partial charge in [-0.15, -0.1) is 10.2 Å². The first kappa shape index (κ1) is 9.84.